The van der Waals surface area contributed by atoms with Gasteiger partial charge >= 0.3 is 5.97 Å². The van der Waals surface area contributed by atoms with Crippen molar-refractivity contribution in [1.82, 2.24) is 0 Å². The van der Waals surface area contributed by atoms with Crippen molar-refractivity contribution >= 4 is 5.97 Å². The second-order valence-corrected chi connectivity index (χ2v) is 28.4. The fourth-order valence-electron chi connectivity index (χ4n) is 18.9. The van der Waals surface area contributed by atoms with Crippen LogP contribution in [0.2, 0.25) is 0 Å². The molecule has 0 aromatic rings. The van der Waals surface area contributed by atoms with E-state index in [1.807, 2.05) is 13.8 Å². The molecule has 25 heteroatoms. The van der Waals surface area contributed by atoms with Crippen molar-refractivity contribution in [3.63, 3.8) is 0 Å². The molecule has 0 radical (unpaired) electrons. The van der Waals surface area contributed by atoms with Gasteiger partial charge in [0.1, 0.15) is 97.7 Å². The second-order valence-electron chi connectivity index (χ2n) is 28.4. The van der Waals surface area contributed by atoms with Crippen molar-refractivity contribution in [2.75, 3.05) is 26.4 Å². The van der Waals surface area contributed by atoms with Gasteiger partial charge in [0, 0.05) is 11.3 Å². The molecule has 4 heterocycles. The van der Waals surface area contributed by atoms with Crippen LogP contribution in [-0.4, -0.2) is 256 Å². The number of carbonyl (C=O) groups is 1. The third-order valence-electron chi connectivity index (χ3n) is 24.1. The highest BCUT2D eigenvalue weighted by Crippen LogP contribution is 2.78. The molecule has 10 aliphatic rings. The lowest BCUT2D eigenvalue weighted by Crippen LogP contribution is -2.68. The molecule has 2 unspecified atom stereocenters. The Morgan fingerprint density at radius 2 is 1.19 bits per heavy atom. The van der Waals surface area contributed by atoms with Crippen LogP contribution in [0, 0.1) is 62.6 Å². The number of hydrogen-bond donors (Lipinski definition) is 15. The van der Waals surface area contributed by atoms with Crippen molar-refractivity contribution in [3.8, 4) is 0 Å². The maximum atomic E-state index is 15.3. The lowest BCUT2D eigenvalue weighted by molar-refractivity contribution is -0.366. The van der Waals surface area contributed by atoms with E-state index in [-0.39, 0.29) is 65.5 Å². The van der Waals surface area contributed by atoms with Gasteiger partial charge in [-0.3, -0.25) is 4.79 Å². The molecule has 10 fully saturated rings. The molecule has 85 heavy (non-hydrogen) atoms. The Hall–Kier alpha value is -1.71. The molecule has 488 valence electrons. The van der Waals surface area contributed by atoms with Gasteiger partial charge in [0.15, 0.2) is 25.2 Å². The zero-order valence-electron chi connectivity index (χ0n) is 49.9. The Balaban J connectivity index is 0.820. The summed E-state index contributed by atoms with van der Waals surface area (Å²) in [4.78, 5) is 15.3. The van der Waals surface area contributed by atoms with Crippen LogP contribution in [0.5, 0.6) is 0 Å². The Bertz CT molecular complexity index is 2340. The summed E-state index contributed by atoms with van der Waals surface area (Å²) < 4.78 is 53.9. The summed E-state index contributed by atoms with van der Waals surface area (Å²) >= 11 is 0. The molecule has 6 saturated carbocycles. The number of hydrogen-bond acceptors (Lipinski definition) is 25. The largest absolute Gasteiger partial charge is 0.459 e. The van der Waals surface area contributed by atoms with Crippen molar-refractivity contribution in [2.45, 2.75) is 266 Å². The number of allylic oxidation sites excluding steroid dienone is 1. The number of ether oxygens (including phenoxy) is 9. The highest BCUT2D eigenvalue weighted by atomic mass is 16.8. The van der Waals surface area contributed by atoms with Crippen molar-refractivity contribution in [2.24, 2.45) is 62.6 Å². The second kappa shape index (κ2) is 24.7. The lowest BCUT2D eigenvalue weighted by atomic mass is 9.32. The van der Waals surface area contributed by atoms with E-state index >= 15 is 4.79 Å². The van der Waals surface area contributed by atoms with Crippen molar-refractivity contribution < 1.29 is 124 Å². The summed E-state index contributed by atoms with van der Waals surface area (Å²) in [6, 6.07) is 0. The number of fused-ring (bicyclic) bond motifs is 7. The first-order valence-electron chi connectivity index (χ1n) is 31.0. The Kier molecular flexibility index (Phi) is 19.3. The predicted octanol–water partition coefficient (Wildman–Crippen LogP) is -2.02. The van der Waals surface area contributed by atoms with Gasteiger partial charge in [-0.25, -0.2) is 0 Å². The van der Waals surface area contributed by atoms with Gasteiger partial charge in [0.2, 0.25) is 0 Å². The molecule has 0 aromatic heterocycles. The van der Waals surface area contributed by atoms with Gasteiger partial charge in [-0.1, -0.05) is 39.8 Å². The van der Waals surface area contributed by atoms with Crippen LogP contribution in [0.1, 0.15) is 119 Å². The average molecular weight is 1220 g/mol. The minimum absolute atomic E-state index is 0.0184. The van der Waals surface area contributed by atoms with Gasteiger partial charge < -0.3 is 119 Å². The molecule has 6 aliphatic carbocycles. The summed E-state index contributed by atoms with van der Waals surface area (Å²) in [5, 5.41) is 163. The topological polar surface area (TPSA) is 404 Å². The molecular weight excluding hydrogens is 1120 g/mol. The van der Waals surface area contributed by atoms with E-state index in [4.69, 9.17) is 42.6 Å². The minimum atomic E-state index is -1.83. The molecule has 35 atom stereocenters. The highest BCUT2D eigenvalue weighted by Gasteiger charge is 2.73. The molecule has 15 N–H and O–H groups in total. The van der Waals surface area contributed by atoms with Gasteiger partial charge in [0.25, 0.3) is 0 Å². The van der Waals surface area contributed by atoms with Gasteiger partial charge in [0.05, 0.1) is 56.3 Å². The zero-order valence-corrected chi connectivity index (χ0v) is 49.9. The van der Waals surface area contributed by atoms with Crippen LogP contribution in [0.25, 0.3) is 0 Å². The fraction of sp³-hybridized carbons (Fsp3) is 0.950. The van der Waals surface area contributed by atoms with Crippen LogP contribution >= 0.6 is 0 Å². The van der Waals surface area contributed by atoms with E-state index < -0.39 is 183 Å². The normalized spacial score (nSPS) is 56.3. The van der Waals surface area contributed by atoms with E-state index in [9.17, 15) is 76.6 Å². The van der Waals surface area contributed by atoms with E-state index in [2.05, 4.69) is 27.4 Å². The molecule has 0 aromatic carbocycles. The van der Waals surface area contributed by atoms with Crippen molar-refractivity contribution in [1.29, 1.82) is 0 Å². The first-order chi connectivity index (χ1) is 39.9. The smallest absolute Gasteiger partial charge is 0.312 e. The lowest BCUT2D eigenvalue weighted by Gasteiger charge is -2.73. The van der Waals surface area contributed by atoms with Gasteiger partial charge in [-0.15, -0.1) is 0 Å². The summed E-state index contributed by atoms with van der Waals surface area (Å²) in [6.07, 6.45) is -28.5. The van der Waals surface area contributed by atoms with Gasteiger partial charge in [-0.2, -0.15) is 0 Å². The first-order valence-corrected chi connectivity index (χ1v) is 31.0. The number of carbonyl (C=O) groups excluding carboxylic acids is 1. The number of rotatable bonds is 14. The summed E-state index contributed by atoms with van der Waals surface area (Å²) in [7, 11) is 0. The molecule has 4 aliphatic heterocycles. The summed E-state index contributed by atoms with van der Waals surface area (Å²) in [5.74, 6) is -1.46. The molecule has 25 nitrogen and oxygen atoms in total. The molecule has 4 saturated heterocycles. The van der Waals surface area contributed by atoms with E-state index in [0.29, 0.717) is 32.1 Å². The van der Waals surface area contributed by atoms with Crippen LogP contribution in [0.3, 0.4) is 0 Å². The molecular formula is C60H98O25. The summed E-state index contributed by atoms with van der Waals surface area (Å²) in [5.41, 5.74) is -1.60. The minimum Gasteiger partial charge on any atom is -0.459 e. The number of esters is 1. The third-order valence-corrected chi connectivity index (χ3v) is 24.1. The molecule has 0 spiro atoms. The quantitative estimate of drug-likeness (QED) is 0.0507. The fourth-order valence-corrected chi connectivity index (χ4v) is 18.9. The van der Waals surface area contributed by atoms with Crippen LogP contribution in [0.4, 0.5) is 0 Å². The Morgan fingerprint density at radius 1 is 0.576 bits per heavy atom. The molecule has 0 amide bonds. The van der Waals surface area contributed by atoms with Gasteiger partial charge in [-0.05, 0) is 137 Å². The monoisotopic (exact) mass is 1220 g/mol. The van der Waals surface area contributed by atoms with E-state index in [0.717, 1.165) is 37.7 Å². The Labute approximate surface area is 496 Å². The SMILES string of the molecule is C=C(C)C1CC[C@]2(C(=O)O[C@@H]3C[C@H](CO[C@@H]4O[C@H](CO)[C@@H](O[C@@H]5O[C@@H](C)[C@H](O)[C@@H](O)[C@H]5O)[C@H](O)[C@H]4O)[C@@H](O)[C@H](O)[C@H]3O)CC[C@]3(C)[C@H](CC[C@@H]4[C@@]5(C)CC[C@H](OC6OC[C@H](O)[C@H](O)[C@H]6O[C@@H]6O[C@@H](C)[C@H](O)[C@@H](O)[C@H]6O)[C@@](C)(CO)[C@@H]5CC[C@]43C)[C@@H]12. The number of aliphatic hydroxyl groups is 15. The van der Waals surface area contributed by atoms with Crippen molar-refractivity contribution in [3.05, 3.63) is 12.2 Å². The van der Waals surface area contributed by atoms with Crippen LogP contribution in [-0.2, 0) is 47.4 Å². The summed E-state index contributed by atoms with van der Waals surface area (Å²) in [6.45, 7) is 16.9. The standard InChI is InChI=1S/C60H98O25/c1-24(2)28-11-16-60(55(76)82-31-19-27(39(66)44(71)41(31)68)21-77-51-48(75)45(72)49(32(20-61)81-51)84-52-46(73)42(69)37(64)25(3)79-52)18-17-58(7)29(36(28)60)9-10-34-56(5)14-13-35(57(6,23-62)33(56)12-15-59(34,58)8)83-54-50(40(67)30(63)22-78-54)85-53-47(74)43(70)38(65)26(4)80-53/h25-54,61-75H,1,9-23H2,2-8H3/t25-,26-,27+,28?,29+,30-,31+,32+,33+,34+,35-,36+,37-,38-,39+,40-,41-,42+,43+,44-,45+,46+,47+,48+,49+,50+,51+,52-,53-,54?,56-,57-,58+,59+,60-/m0/s1. The van der Waals surface area contributed by atoms with Crippen LogP contribution in [0.15, 0.2) is 12.2 Å². The predicted molar refractivity (Wildman–Crippen MR) is 291 cm³/mol. The van der Waals surface area contributed by atoms with E-state index in [1.165, 1.54) is 13.8 Å². The highest BCUT2D eigenvalue weighted by molar-refractivity contribution is 5.78. The zero-order chi connectivity index (χ0) is 61.9. The first kappa shape index (κ1) is 66.2. The molecule has 10 rings (SSSR count). The van der Waals surface area contributed by atoms with Crippen LogP contribution < -0.4 is 0 Å². The third kappa shape index (κ3) is 10.9. The van der Waals surface area contributed by atoms with E-state index in [1.54, 1.807) is 0 Å². The average Bonchev–Trinajstić information content (AvgIpc) is 1.62. The maximum Gasteiger partial charge on any atom is 0.312 e. The molecule has 0 bridgehead atoms. The maximum absolute atomic E-state index is 15.3. The Morgan fingerprint density at radius 3 is 1.80 bits per heavy atom. The number of aliphatic hydroxyl groups excluding tert-OH is 15.